The molecule has 0 bridgehead atoms. The van der Waals surface area contributed by atoms with Crippen molar-refractivity contribution in [3.05, 3.63) is 120 Å². The monoisotopic (exact) mass is 667 g/mol. The highest BCUT2D eigenvalue weighted by Crippen LogP contribution is 2.53. The van der Waals surface area contributed by atoms with Crippen molar-refractivity contribution < 1.29 is 9.53 Å². The quantitative estimate of drug-likeness (QED) is 0.158. The Bertz CT molecular complexity index is 1940. The van der Waals surface area contributed by atoms with Crippen LogP contribution in [0, 0.1) is 5.41 Å². The molecule has 3 aromatic carbocycles. The molecule has 3 fully saturated rings. The Labute approximate surface area is 296 Å². The van der Waals surface area contributed by atoms with Crippen molar-refractivity contribution in [3.8, 4) is 11.5 Å². The summed E-state index contributed by atoms with van der Waals surface area (Å²) in [6.45, 7) is 12.4. The van der Waals surface area contributed by atoms with E-state index in [0.717, 1.165) is 55.7 Å². The smallest absolute Gasteiger partial charge is 0.153 e. The van der Waals surface area contributed by atoms with Gasteiger partial charge in [0.25, 0.3) is 0 Å². The number of aromatic nitrogens is 2. The summed E-state index contributed by atoms with van der Waals surface area (Å²) < 4.78 is 6.24. The molecule has 1 aliphatic carbocycles. The first-order valence-electron chi connectivity index (χ1n) is 18.5. The van der Waals surface area contributed by atoms with E-state index in [-0.39, 0.29) is 0 Å². The number of rotatable bonds is 9. The Morgan fingerprint density at radius 1 is 0.900 bits per heavy atom. The van der Waals surface area contributed by atoms with Gasteiger partial charge in [0.2, 0.25) is 0 Å². The van der Waals surface area contributed by atoms with Gasteiger partial charge in [-0.3, -0.25) is 14.6 Å². The number of nitrogens with zero attached hydrogens (tertiary/aromatic N) is 4. The summed E-state index contributed by atoms with van der Waals surface area (Å²) in [7, 11) is 0. The number of aldehydes is 1. The van der Waals surface area contributed by atoms with Gasteiger partial charge < -0.3 is 14.6 Å². The Morgan fingerprint density at radius 2 is 1.68 bits per heavy atom. The van der Waals surface area contributed by atoms with Crippen LogP contribution in [0.3, 0.4) is 0 Å². The number of benzene rings is 3. The van der Waals surface area contributed by atoms with Gasteiger partial charge >= 0.3 is 0 Å². The van der Waals surface area contributed by atoms with Gasteiger partial charge in [-0.1, -0.05) is 68.4 Å². The van der Waals surface area contributed by atoms with Gasteiger partial charge in [0.15, 0.2) is 6.29 Å². The van der Waals surface area contributed by atoms with E-state index in [1.54, 1.807) is 6.20 Å². The van der Waals surface area contributed by atoms with Gasteiger partial charge in [-0.2, -0.15) is 0 Å². The van der Waals surface area contributed by atoms with Crippen LogP contribution in [0.5, 0.6) is 11.5 Å². The van der Waals surface area contributed by atoms with E-state index in [1.807, 2.05) is 30.5 Å². The Balaban J connectivity index is 0.951. The molecular weight excluding hydrogens is 619 g/mol. The average Bonchev–Trinajstić information content (AvgIpc) is 3.62. The zero-order chi connectivity index (χ0) is 34.2. The van der Waals surface area contributed by atoms with Crippen LogP contribution in [-0.4, -0.2) is 64.8 Å². The first-order valence-corrected chi connectivity index (χ1v) is 18.5. The number of hydrogen-bond acceptors (Lipinski definition) is 6. The third-order valence-electron chi connectivity index (χ3n) is 12.0. The van der Waals surface area contributed by atoms with Gasteiger partial charge in [-0.05, 0) is 84.9 Å². The van der Waals surface area contributed by atoms with E-state index < -0.39 is 0 Å². The van der Waals surface area contributed by atoms with Crippen LogP contribution in [0.1, 0.15) is 91.5 Å². The van der Waals surface area contributed by atoms with Crippen molar-refractivity contribution in [1.29, 1.82) is 0 Å². The maximum Gasteiger partial charge on any atom is 0.153 e. The molecule has 7 nitrogen and oxygen atoms in total. The number of aromatic amines is 1. The second kappa shape index (κ2) is 13.7. The number of piperazine rings is 1. The van der Waals surface area contributed by atoms with Crippen molar-refractivity contribution in [2.24, 2.45) is 5.41 Å². The molecule has 2 aromatic heterocycles. The lowest BCUT2D eigenvalue weighted by molar-refractivity contribution is -0.0668. The Kier molecular flexibility index (Phi) is 8.96. The van der Waals surface area contributed by atoms with Crippen molar-refractivity contribution >= 4 is 23.0 Å². The zero-order valence-electron chi connectivity index (χ0n) is 29.6. The normalized spacial score (nSPS) is 20.6. The third-order valence-corrected chi connectivity index (χ3v) is 12.0. The molecule has 1 N–H and O–H groups in total. The van der Waals surface area contributed by atoms with E-state index in [9.17, 15) is 4.79 Å². The SMILES string of the molecule is CC(C)c1ccccc1C1CN(C(C)c2ccccc2)CCN1C1CC2(CCN(c3ccc(C=O)c(Oc4cnc5[nH]ccc5c4)c3)CC2)C1. The number of fused-ring (bicyclic) bond motifs is 1. The predicted octanol–water partition coefficient (Wildman–Crippen LogP) is 9.16. The van der Waals surface area contributed by atoms with Crippen LogP contribution in [0.4, 0.5) is 5.69 Å². The van der Waals surface area contributed by atoms with E-state index in [2.05, 4.69) is 106 Å². The van der Waals surface area contributed by atoms with E-state index in [1.165, 1.54) is 42.4 Å². The van der Waals surface area contributed by atoms with Gasteiger partial charge in [-0.15, -0.1) is 0 Å². The maximum absolute atomic E-state index is 11.9. The first kappa shape index (κ1) is 32.7. The summed E-state index contributed by atoms with van der Waals surface area (Å²) >= 11 is 0. The van der Waals surface area contributed by atoms with Crippen LogP contribution < -0.4 is 9.64 Å². The fourth-order valence-electron chi connectivity index (χ4n) is 9.00. The molecular formula is C43H49N5O2. The number of nitrogens with one attached hydrogen (secondary N) is 1. The molecule has 2 saturated heterocycles. The van der Waals surface area contributed by atoms with Crippen molar-refractivity contribution in [3.63, 3.8) is 0 Å². The number of hydrogen-bond donors (Lipinski definition) is 1. The minimum Gasteiger partial charge on any atom is -0.455 e. The lowest BCUT2D eigenvalue weighted by Crippen LogP contribution is -2.60. The Morgan fingerprint density at radius 3 is 2.46 bits per heavy atom. The average molecular weight is 668 g/mol. The number of carbonyl (C=O) groups is 1. The van der Waals surface area contributed by atoms with Crippen molar-refractivity contribution in [2.75, 3.05) is 37.6 Å². The van der Waals surface area contributed by atoms with E-state index in [0.29, 0.717) is 46.5 Å². The number of pyridine rings is 1. The highest BCUT2D eigenvalue weighted by atomic mass is 16.5. The van der Waals surface area contributed by atoms with Crippen LogP contribution in [-0.2, 0) is 0 Å². The molecule has 0 amide bonds. The fourth-order valence-corrected chi connectivity index (χ4v) is 9.00. The second-order valence-corrected chi connectivity index (χ2v) is 15.2. The summed E-state index contributed by atoms with van der Waals surface area (Å²) in [6.07, 6.45) is 9.39. The molecule has 1 saturated carbocycles. The molecule has 2 aliphatic heterocycles. The van der Waals surface area contributed by atoms with Crippen LogP contribution >= 0.6 is 0 Å². The molecule has 258 valence electrons. The molecule has 4 heterocycles. The van der Waals surface area contributed by atoms with E-state index in [4.69, 9.17) is 4.74 Å². The van der Waals surface area contributed by atoms with E-state index >= 15 is 0 Å². The third kappa shape index (κ3) is 6.33. The molecule has 2 unspecified atom stereocenters. The fraction of sp³-hybridized carbons (Fsp3) is 0.395. The van der Waals surface area contributed by atoms with Crippen molar-refractivity contribution in [1.82, 2.24) is 19.8 Å². The lowest BCUT2D eigenvalue weighted by Gasteiger charge is -2.58. The van der Waals surface area contributed by atoms with Crippen LogP contribution in [0.15, 0.2) is 97.3 Å². The molecule has 8 rings (SSSR count). The summed E-state index contributed by atoms with van der Waals surface area (Å²) in [5, 5.41) is 0.977. The number of piperidine rings is 1. The molecule has 0 radical (unpaired) electrons. The zero-order valence-corrected chi connectivity index (χ0v) is 29.6. The largest absolute Gasteiger partial charge is 0.455 e. The lowest BCUT2D eigenvalue weighted by atomic mass is 9.59. The van der Waals surface area contributed by atoms with Crippen LogP contribution in [0.2, 0.25) is 0 Å². The maximum atomic E-state index is 11.9. The van der Waals surface area contributed by atoms with Gasteiger partial charge in [0.1, 0.15) is 17.1 Å². The summed E-state index contributed by atoms with van der Waals surface area (Å²) in [5.74, 6) is 1.70. The summed E-state index contributed by atoms with van der Waals surface area (Å²) in [4.78, 5) is 27.6. The minimum absolute atomic E-state index is 0.398. The van der Waals surface area contributed by atoms with Crippen LogP contribution in [0.25, 0.3) is 11.0 Å². The predicted molar refractivity (Wildman–Crippen MR) is 201 cm³/mol. The second-order valence-electron chi connectivity index (χ2n) is 15.2. The summed E-state index contributed by atoms with van der Waals surface area (Å²) in [6, 6.07) is 31.6. The number of H-pyrrole nitrogens is 1. The minimum atomic E-state index is 0.398. The topological polar surface area (TPSA) is 64.7 Å². The highest BCUT2D eigenvalue weighted by Gasteiger charge is 2.50. The molecule has 50 heavy (non-hydrogen) atoms. The number of ether oxygens (including phenoxy) is 1. The van der Waals surface area contributed by atoms with Gasteiger partial charge in [-0.25, -0.2) is 4.98 Å². The highest BCUT2D eigenvalue weighted by molar-refractivity contribution is 5.81. The summed E-state index contributed by atoms with van der Waals surface area (Å²) in [5.41, 5.74) is 7.30. The van der Waals surface area contributed by atoms with Gasteiger partial charge in [0, 0.05) is 74.2 Å². The molecule has 1 spiro atoms. The number of carbonyl (C=O) groups excluding carboxylic acids is 1. The number of anilines is 1. The first-order chi connectivity index (χ1) is 24.4. The molecule has 2 atom stereocenters. The molecule has 5 aromatic rings. The Hall–Kier alpha value is -4.46. The van der Waals surface area contributed by atoms with Gasteiger partial charge in [0.05, 0.1) is 11.8 Å². The molecule has 7 heteroatoms. The molecule has 3 aliphatic rings. The van der Waals surface area contributed by atoms with Crippen molar-refractivity contribution in [2.45, 2.75) is 70.5 Å². The standard InChI is InChI=1S/C43H49N5O2/c1-30(2)38-11-7-8-12-39(38)40-28-47(31(3)32-9-5-4-6-10-32)21-22-48(40)36-25-43(26-36)16-19-46(20-17-43)35-14-13-34(29-49)41(24-35)50-37-23-33-15-18-44-42(33)45-27-37/h4-15,18,23-24,27,29-31,36,40H,16-17,19-22,25-26,28H2,1-3H3,(H,44,45).